The lowest BCUT2D eigenvalue weighted by Gasteiger charge is -2.05. The summed E-state index contributed by atoms with van der Waals surface area (Å²) in [6.07, 6.45) is 3.25. The molecule has 0 aliphatic heterocycles. The fourth-order valence-electron chi connectivity index (χ4n) is 2.68. The van der Waals surface area contributed by atoms with Gasteiger partial charge in [0.15, 0.2) is 12.4 Å². The Balaban J connectivity index is 1.67. The minimum atomic E-state index is -0.540. The van der Waals surface area contributed by atoms with E-state index in [2.05, 4.69) is 5.32 Å². The van der Waals surface area contributed by atoms with Crippen LogP contribution in [0.5, 0.6) is 0 Å². The Morgan fingerprint density at radius 3 is 2.46 bits per heavy atom. The lowest BCUT2D eigenvalue weighted by molar-refractivity contribution is -0.683. The Morgan fingerprint density at radius 1 is 0.964 bits per heavy atom. The van der Waals surface area contributed by atoms with Crippen LogP contribution in [0.15, 0.2) is 79.1 Å². The number of non-ortho nitro benzene ring substituents is 1. The summed E-state index contributed by atoms with van der Waals surface area (Å²) in [6, 6.07) is 18.5. The summed E-state index contributed by atoms with van der Waals surface area (Å²) in [7, 11) is 0. The summed E-state index contributed by atoms with van der Waals surface area (Å²) in [5.74, 6) is -0.531. The summed E-state index contributed by atoms with van der Waals surface area (Å²) >= 11 is 0. The molecule has 0 aliphatic rings. The van der Waals surface area contributed by atoms with Crippen LogP contribution in [-0.4, -0.2) is 16.6 Å². The molecule has 0 bridgehead atoms. The van der Waals surface area contributed by atoms with Gasteiger partial charge in [0.1, 0.15) is 5.56 Å². The van der Waals surface area contributed by atoms with Gasteiger partial charge in [-0.2, -0.15) is 4.57 Å². The standard InChI is InChI=1S/C21H17N3O4/c25-20(17-8-4-10-19(12-17)24(27)28)15-23-11-5-9-18(14-23)21(26)22-13-16-6-2-1-3-7-16/h1-12,14H,13,15H2/p+1. The molecular weight excluding hydrogens is 358 g/mol. The van der Waals surface area contributed by atoms with Gasteiger partial charge < -0.3 is 5.32 Å². The number of nitro groups is 1. The molecule has 1 amide bonds. The Bertz CT molecular complexity index is 1020. The number of Topliss-reactive ketones (excluding diaryl/α,β-unsaturated/α-hetero) is 1. The molecule has 0 spiro atoms. The number of amides is 1. The van der Waals surface area contributed by atoms with Crippen LogP contribution in [0.1, 0.15) is 26.3 Å². The molecule has 1 aromatic heterocycles. The predicted molar refractivity (Wildman–Crippen MR) is 102 cm³/mol. The molecular formula is C21H18N3O4+. The first-order valence-electron chi connectivity index (χ1n) is 8.62. The number of carbonyl (C=O) groups excluding carboxylic acids is 2. The number of carbonyl (C=O) groups is 2. The van der Waals surface area contributed by atoms with Gasteiger partial charge in [-0.25, -0.2) is 0 Å². The molecule has 0 unspecified atom stereocenters. The molecule has 1 N–H and O–H groups in total. The number of ketones is 1. The van der Waals surface area contributed by atoms with Crippen molar-refractivity contribution < 1.29 is 19.1 Å². The highest BCUT2D eigenvalue weighted by molar-refractivity contribution is 5.96. The molecule has 0 radical (unpaired) electrons. The van der Waals surface area contributed by atoms with E-state index in [-0.39, 0.29) is 29.5 Å². The van der Waals surface area contributed by atoms with Crippen molar-refractivity contribution in [1.29, 1.82) is 0 Å². The molecule has 1 heterocycles. The second-order valence-corrected chi connectivity index (χ2v) is 6.16. The van der Waals surface area contributed by atoms with E-state index in [1.165, 1.54) is 24.3 Å². The number of pyridine rings is 1. The quantitative estimate of drug-likeness (QED) is 0.297. The third-order valence-electron chi connectivity index (χ3n) is 4.12. The highest BCUT2D eigenvalue weighted by atomic mass is 16.6. The first-order chi connectivity index (χ1) is 13.5. The second-order valence-electron chi connectivity index (χ2n) is 6.16. The maximum Gasteiger partial charge on any atom is 0.270 e. The smallest absolute Gasteiger partial charge is 0.270 e. The van der Waals surface area contributed by atoms with Gasteiger partial charge in [0, 0.05) is 30.3 Å². The maximum atomic E-state index is 12.4. The first kappa shape index (κ1) is 18.9. The maximum absolute atomic E-state index is 12.4. The molecule has 28 heavy (non-hydrogen) atoms. The summed E-state index contributed by atoms with van der Waals surface area (Å²) in [5, 5.41) is 13.7. The van der Waals surface area contributed by atoms with Gasteiger partial charge in [-0.3, -0.25) is 19.7 Å². The molecule has 3 aromatic rings. The zero-order valence-electron chi connectivity index (χ0n) is 14.9. The second kappa shape index (κ2) is 8.68. The van der Waals surface area contributed by atoms with Gasteiger partial charge >= 0.3 is 0 Å². The van der Waals surface area contributed by atoms with Crippen LogP contribution in [-0.2, 0) is 13.1 Å². The predicted octanol–water partition coefficient (Wildman–Crippen LogP) is 2.70. The third kappa shape index (κ3) is 4.85. The Kier molecular flexibility index (Phi) is 5.86. The SMILES string of the molecule is O=C(C[n+]1cccc(C(=O)NCc2ccccc2)c1)c1cccc([N+](=O)[O-])c1. The molecule has 7 heteroatoms. The Morgan fingerprint density at radius 2 is 1.71 bits per heavy atom. The topological polar surface area (TPSA) is 93.2 Å². The van der Waals surface area contributed by atoms with Gasteiger partial charge in [-0.05, 0) is 11.6 Å². The molecule has 0 aliphatic carbocycles. The zero-order valence-corrected chi connectivity index (χ0v) is 14.9. The number of nitro benzene ring substituents is 1. The van der Waals surface area contributed by atoms with Gasteiger partial charge in [-0.1, -0.05) is 42.5 Å². The minimum absolute atomic E-state index is 0.0268. The van der Waals surface area contributed by atoms with Gasteiger partial charge in [-0.15, -0.1) is 0 Å². The van der Waals surface area contributed by atoms with Crippen LogP contribution >= 0.6 is 0 Å². The van der Waals surface area contributed by atoms with E-state index in [1.807, 2.05) is 30.3 Å². The normalized spacial score (nSPS) is 10.3. The number of nitrogens with zero attached hydrogens (tertiary/aromatic N) is 2. The zero-order chi connectivity index (χ0) is 19.9. The van der Waals surface area contributed by atoms with E-state index in [1.54, 1.807) is 29.1 Å². The van der Waals surface area contributed by atoms with Crippen molar-refractivity contribution in [2.75, 3.05) is 0 Å². The fraction of sp³-hybridized carbons (Fsp3) is 0.0952. The number of hydrogen-bond acceptors (Lipinski definition) is 4. The summed E-state index contributed by atoms with van der Waals surface area (Å²) in [4.78, 5) is 35.1. The summed E-state index contributed by atoms with van der Waals surface area (Å²) in [5.41, 5.74) is 1.52. The number of aromatic nitrogens is 1. The third-order valence-corrected chi connectivity index (χ3v) is 4.12. The van der Waals surface area contributed by atoms with Crippen LogP contribution in [0.25, 0.3) is 0 Å². The average molecular weight is 376 g/mol. The van der Waals surface area contributed by atoms with Crippen molar-refractivity contribution >= 4 is 17.4 Å². The summed E-state index contributed by atoms with van der Waals surface area (Å²) in [6.45, 7) is 0.377. The molecule has 0 saturated carbocycles. The molecule has 3 rings (SSSR count). The van der Waals surface area contributed by atoms with E-state index in [0.717, 1.165) is 5.56 Å². The molecule has 0 atom stereocenters. The highest BCUT2D eigenvalue weighted by Gasteiger charge is 2.17. The van der Waals surface area contributed by atoms with Crippen molar-refractivity contribution in [3.05, 3.63) is 106 Å². The van der Waals surface area contributed by atoms with Crippen LogP contribution in [0.4, 0.5) is 5.69 Å². The van der Waals surface area contributed by atoms with Crippen LogP contribution < -0.4 is 9.88 Å². The van der Waals surface area contributed by atoms with Crippen molar-refractivity contribution in [3.8, 4) is 0 Å². The number of hydrogen-bond donors (Lipinski definition) is 1. The van der Waals surface area contributed by atoms with Crippen LogP contribution in [0, 0.1) is 10.1 Å². The van der Waals surface area contributed by atoms with E-state index < -0.39 is 4.92 Å². The fourth-order valence-corrected chi connectivity index (χ4v) is 2.68. The van der Waals surface area contributed by atoms with Gasteiger partial charge in [0.05, 0.1) is 4.92 Å². The van der Waals surface area contributed by atoms with Crippen LogP contribution in [0.2, 0.25) is 0 Å². The molecule has 0 fully saturated rings. The van der Waals surface area contributed by atoms with E-state index >= 15 is 0 Å². The first-order valence-corrected chi connectivity index (χ1v) is 8.62. The van der Waals surface area contributed by atoms with Crippen molar-refractivity contribution in [2.45, 2.75) is 13.1 Å². The number of nitrogens with one attached hydrogen (secondary N) is 1. The lowest BCUT2D eigenvalue weighted by Crippen LogP contribution is -2.39. The van der Waals surface area contributed by atoms with Crippen LogP contribution in [0.3, 0.4) is 0 Å². The minimum Gasteiger partial charge on any atom is -0.348 e. The van der Waals surface area contributed by atoms with Crippen molar-refractivity contribution in [2.24, 2.45) is 0 Å². The average Bonchev–Trinajstić information content (AvgIpc) is 2.73. The number of benzene rings is 2. The number of rotatable bonds is 7. The lowest BCUT2D eigenvalue weighted by atomic mass is 10.1. The van der Waals surface area contributed by atoms with Gasteiger partial charge in [0.2, 0.25) is 12.3 Å². The van der Waals surface area contributed by atoms with Gasteiger partial charge in [0.25, 0.3) is 11.6 Å². The molecule has 2 aromatic carbocycles. The van der Waals surface area contributed by atoms with E-state index in [4.69, 9.17) is 0 Å². The Hall–Kier alpha value is -3.87. The highest BCUT2D eigenvalue weighted by Crippen LogP contribution is 2.13. The van der Waals surface area contributed by atoms with Crippen molar-refractivity contribution in [1.82, 2.24) is 5.32 Å². The molecule has 0 saturated heterocycles. The Labute approximate surface area is 161 Å². The van der Waals surface area contributed by atoms with E-state index in [0.29, 0.717) is 12.1 Å². The summed E-state index contributed by atoms with van der Waals surface area (Å²) < 4.78 is 1.58. The van der Waals surface area contributed by atoms with E-state index in [9.17, 15) is 19.7 Å². The largest absolute Gasteiger partial charge is 0.348 e. The van der Waals surface area contributed by atoms with Crippen molar-refractivity contribution in [3.63, 3.8) is 0 Å². The molecule has 7 nitrogen and oxygen atoms in total. The molecule has 140 valence electrons. The monoisotopic (exact) mass is 376 g/mol.